The van der Waals surface area contributed by atoms with E-state index in [1.807, 2.05) is 13.8 Å². The first-order valence-electron chi connectivity index (χ1n) is 7.44. The van der Waals surface area contributed by atoms with E-state index in [2.05, 4.69) is 10.0 Å². The number of ether oxygens (including phenoxy) is 2. The molecular formula is C15H23ClN2O5S. The Balaban J connectivity index is 2.66. The first kappa shape index (κ1) is 20.7. The van der Waals surface area contributed by atoms with Crippen LogP contribution in [0.25, 0.3) is 0 Å². The molecular weight excluding hydrogens is 356 g/mol. The number of halogens is 1. The molecule has 1 aromatic carbocycles. The number of hydrogen-bond donors (Lipinski definition) is 2. The Morgan fingerprint density at radius 1 is 1.33 bits per heavy atom. The second-order valence-electron chi connectivity index (χ2n) is 5.47. The second-order valence-corrected chi connectivity index (χ2v) is 7.64. The lowest BCUT2D eigenvalue weighted by Gasteiger charge is -2.11. The Hall–Kier alpha value is -1.35. The number of nitrogens with one attached hydrogen (secondary N) is 2. The first-order valence-corrected chi connectivity index (χ1v) is 9.30. The van der Waals surface area contributed by atoms with Gasteiger partial charge in [-0.1, -0.05) is 25.4 Å². The molecule has 0 aliphatic carbocycles. The van der Waals surface area contributed by atoms with Crippen LogP contribution in [0.15, 0.2) is 23.1 Å². The number of amides is 1. The maximum atomic E-state index is 12.1. The van der Waals surface area contributed by atoms with Crippen molar-refractivity contribution in [3.8, 4) is 5.75 Å². The van der Waals surface area contributed by atoms with Gasteiger partial charge in [-0.3, -0.25) is 4.79 Å². The Labute approximate surface area is 147 Å². The predicted molar refractivity (Wildman–Crippen MR) is 91.9 cm³/mol. The molecule has 0 heterocycles. The van der Waals surface area contributed by atoms with Crippen LogP contribution in [-0.4, -0.2) is 47.7 Å². The van der Waals surface area contributed by atoms with Crippen LogP contribution in [0.1, 0.15) is 13.8 Å². The number of carbonyl (C=O) groups excluding carboxylic acids is 1. The average Bonchev–Trinajstić information content (AvgIpc) is 2.51. The molecule has 2 N–H and O–H groups in total. The zero-order valence-electron chi connectivity index (χ0n) is 14.0. The largest absolute Gasteiger partial charge is 0.482 e. The third kappa shape index (κ3) is 7.04. The lowest BCUT2D eigenvalue weighted by Crippen LogP contribution is -2.31. The minimum absolute atomic E-state index is 0.0141. The molecule has 0 radical (unpaired) electrons. The van der Waals surface area contributed by atoms with Gasteiger partial charge in [-0.15, -0.1) is 0 Å². The highest BCUT2D eigenvalue weighted by molar-refractivity contribution is 7.89. The average molecular weight is 379 g/mol. The van der Waals surface area contributed by atoms with Gasteiger partial charge in [0.15, 0.2) is 6.61 Å². The van der Waals surface area contributed by atoms with Crippen molar-refractivity contribution >= 4 is 27.5 Å². The van der Waals surface area contributed by atoms with E-state index in [0.29, 0.717) is 12.5 Å². The van der Waals surface area contributed by atoms with Crippen LogP contribution >= 0.6 is 11.6 Å². The molecule has 136 valence electrons. The quantitative estimate of drug-likeness (QED) is 0.600. The summed E-state index contributed by atoms with van der Waals surface area (Å²) in [5, 5.41) is 2.82. The SMILES string of the molecule is COCCNS(=O)(=O)c1ccc(OCC(=O)NCC(C)C)c(Cl)c1. The number of carbonyl (C=O) groups is 1. The first-order chi connectivity index (χ1) is 11.3. The minimum atomic E-state index is -3.67. The third-order valence-electron chi connectivity index (χ3n) is 2.88. The van der Waals surface area contributed by atoms with Crippen LogP contribution in [0.4, 0.5) is 0 Å². The van der Waals surface area contributed by atoms with Crippen LogP contribution in [-0.2, 0) is 19.6 Å². The van der Waals surface area contributed by atoms with Crippen LogP contribution in [0, 0.1) is 5.92 Å². The van der Waals surface area contributed by atoms with E-state index in [0.717, 1.165) is 0 Å². The van der Waals surface area contributed by atoms with Gasteiger partial charge in [0.2, 0.25) is 10.0 Å². The number of sulfonamides is 1. The van der Waals surface area contributed by atoms with Gasteiger partial charge < -0.3 is 14.8 Å². The monoisotopic (exact) mass is 378 g/mol. The van der Waals surface area contributed by atoms with E-state index in [1.54, 1.807) is 0 Å². The number of rotatable bonds is 10. The fraction of sp³-hybridized carbons (Fsp3) is 0.533. The summed E-state index contributed by atoms with van der Waals surface area (Å²) in [4.78, 5) is 11.6. The summed E-state index contributed by atoms with van der Waals surface area (Å²) in [7, 11) is -2.19. The van der Waals surface area contributed by atoms with Gasteiger partial charge in [-0.05, 0) is 24.1 Å². The van der Waals surface area contributed by atoms with Gasteiger partial charge in [0.25, 0.3) is 5.91 Å². The molecule has 1 aromatic rings. The van der Waals surface area contributed by atoms with Crippen LogP contribution in [0.3, 0.4) is 0 Å². The smallest absolute Gasteiger partial charge is 0.257 e. The highest BCUT2D eigenvalue weighted by atomic mass is 35.5. The topological polar surface area (TPSA) is 93.7 Å². The van der Waals surface area contributed by atoms with Crippen molar-refractivity contribution in [1.29, 1.82) is 0 Å². The lowest BCUT2D eigenvalue weighted by molar-refractivity contribution is -0.123. The summed E-state index contributed by atoms with van der Waals surface area (Å²) >= 11 is 6.03. The predicted octanol–water partition coefficient (Wildman–Crippen LogP) is 1.42. The zero-order valence-corrected chi connectivity index (χ0v) is 15.5. The summed E-state index contributed by atoms with van der Waals surface area (Å²) in [6, 6.07) is 4.06. The molecule has 24 heavy (non-hydrogen) atoms. The molecule has 0 unspecified atom stereocenters. The van der Waals surface area contributed by atoms with Crippen LogP contribution in [0.5, 0.6) is 5.75 Å². The van der Waals surface area contributed by atoms with Gasteiger partial charge in [0, 0.05) is 20.2 Å². The van der Waals surface area contributed by atoms with Crippen molar-refractivity contribution < 1.29 is 22.7 Å². The Morgan fingerprint density at radius 2 is 2.04 bits per heavy atom. The van der Waals surface area contributed by atoms with Crippen molar-refractivity contribution in [2.75, 3.05) is 33.4 Å². The summed E-state index contributed by atoms with van der Waals surface area (Å²) < 4.78 is 36.6. The molecule has 0 bridgehead atoms. The molecule has 0 atom stereocenters. The van der Waals surface area contributed by atoms with Crippen molar-refractivity contribution in [3.05, 3.63) is 23.2 Å². The molecule has 0 aliphatic heterocycles. The van der Waals surface area contributed by atoms with Crippen molar-refractivity contribution in [3.63, 3.8) is 0 Å². The van der Waals surface area contributed by atoms with Crippen molar-refractivity contribution in [2.24, 2.45) is 5.92 Å². The van der Waals surface area contributed by atoms with Gasteiger partial charge in [0.1, 0.15) is 5.75 Å². The van der Waals surface area contributed by atoms with Crippen molar-refractivity contribution in [1.82, 2.24) is 10.0 Å². The Kier molecular flexibility index (Phi) is 8.47. The standard InChI is InChI=1S/C15H23ClN2O5S/c1-11(2)9-17-15(19)10-23-14-5-4-12(8-13(14)16)24(20,21)18-6-7-22-3/h4-5,8,11,18H,6-7,9-10H2,1-3H3,(H,17,19). The van der Waals surface area contributed by atoms with Gasteiger partial charge in [-0.25, -0.2) is 13.1 Å². The van der Waals surface area contributed by atoms with Gasteiger partial charge >= 0.3 is 0 Å². The summed E-state index contributed by atoms with van der Waals surface area (Å²) in [6.07, 6.45) is 0. The minimum Gasteiger partial charge on any atom is -0.482 e. The number of benzene rings is 1. The Morgan fingerprint density at radius 3 is 2.62 bits per heavy atom. The fourth-order valence-corrected chi connectivity index (χ4v) is 2.98. The van der Waals surface area contributed by atoms with E-state index in [9.17, 15) is 13.2 Å². The highest BCUT2D eigenvalue weighted by Gasteiger charge is 2.16. The van der Waals surface area contributed by atoms with E-state index in [1.165, 1.54) is 25.3 Å². The normalized spacial score (nSPS) is 11.5. The second kappa shape index (κ2) is 9.83. The van der Waals surface area contributed by atoms with E-state index < -0.39 is 10.0 Å². The molecule has 0 fully saturated rings. The summed E-state index contributed by atoms with van der Waals surface area (Å²) in [5.41, 5.74) is 0. The Bertz CT molecular complexity index is 649. The van der Waals surface area contributed by atoms with E-state index in [4.69, 9.17) is 21.1 Å². The van der Waals surface area contributed by atoms with E-state index >= 15 is 0 Å². The molecule has 0 saturated heterocycles. The summed E-state index contributed by atoms with van der Waals surface area (Å²) in [5.74, 6) is 0.317. The molecule has 1 rings (SSSR count). The summed E-state index contributed by atoms with van der Waals surface area (Å²) in [6.45, 7) is 4.75. The van der Waals surface area contributed by atoms with E-state index in [-0.39, 0.29) is 41.3 Å². The fourth-order valence-electron chi connectivity index (χ4n) is 1.64. The number of hydrogen-bond acceptors (Lipinski definition) is 5. The molecule has 0 aliphatic rings. The van der Waals surface area contributed by atoms with Crippen LogP contribution in [0.2, 0.25) is 5.02 Å². The zero-order chi connectivity index (χ0) is 18.2. The number of methoxy groups -OCH3 is 1. The van der Waals surface area contributed by atoms with Gasteiger partial charge in [-0.2, -0.15) is 0 Å². The molecule has 7 nitrogen and oxygen atoms in total. The maximum absolute atomic E-state index is 12.1. The third-order valence-corrected chi connectivity index (χ3v) is 4.63. The van der Waals surface area contributed by atoms with Crippen LogP contribution < -0.4 is 14.8 Å². The van der Waals surface area contributed by atoms with Gasteiger partial charge in [0.05, 0.1) is 16.5 Å². The molecule has 0 aromatic heterocycles. The molecule has 9 heteroatoms. The van der Waals surface area contributed by atoms with Crippen molar-refractivity contribution in [2.45, 2.75) is 18.7 Å². The molecule has 1 amide bonds. The highest BCUT2D eigenvalue weighted by Crippen LogP contribution is 2.27. The molecule has 0 spiro atoms. The lowest BCUT2D eigenvalue weighted by atomic mass is 10.2. The maximum Gasteiger partial charge on any atom is 0.257 e. The molecule has 0 saturated carbocycles.